The summed E-state index contributed by atoms with van der Waals surface area (Å²) in [6, 6.07) is 4.65. The maximum absolute atomic E-state index is 13.5. The van der Waals surface area contributed by atoms with Crippen molar-refractivity contribution in [3.63, 3.8) is 0 Å². The SMILES string of the molecule is CCN1CCC(N(C(=O)C2CCN(S(=O)(=O)c3c(C)cc(C)cc3C)CC2)C2CC2)CC1. The molecular weight excluding hydrogens is 422 g/mol. The highest BCUT2D eigenvalue weighted by atomic mass is 32.2. The van der Waals surface area contributed by atoms with Crippen LogP contribution in [0.4, 0.5) is 0 Å². The highest BCUT2D eigenvalue weighted by Crippen LogP contribution is 2.36. The first-order chi connectivity index (χ1) is 15.2. The molecule has 2 heterocycles. The number of rotatable bonds is 6. The lowest BCUT2D eigenvalue weighted by Crippen LogP contribution is -2.51. The van der Waals surface area contributed by atoms with Gasteiger partial charge in [-0.1, -0.05) is 24.6 Å². The maximum Gasteiger partial charge on any atom is 0.243 e. The van der Waals surface area contributed by atoms with Gasteiger partial charge in [0.2, 0.25) is 15.9 Å². The van der Waals surface area contributed by atoms with Crippen molar-refractivity contribution in [1.82, 2.24) is 14.1 Å². The van der Waals surface area contributed by atoms with Gasteiger partial charge in [-0.3, -0.25) is 4.79 Å². The molecule has 7 heteroatoms. The molecule has 2 aliphatic heterocycles. The Labute approximate surface area is 194 Å². The third-order valence-corrected chi connectivity index (χ3v) is 9.80. The summed E-state index contributed by atoms with van der Waals surface area (Å²) in [6.45, 7) is 12.0. The lowest BCUT2D eigenvalue weighted by molar-refractivity contribution is -0.141. The molecule has 0 bridgehead atoms. The molecule has 0 unspecified atom stereocenters. The molecule has 0 N–H and O–H groups in total. The second-order valence-corrected chi connectivity index (χ2v) is 11.9. The first-order valence-electron chi connectivity index (χ1n) is 12.3. The van der Waals surface area contributed by atoms with Gasteiger partial charge < -0.3 is 9.80 Å². The number of hydrogen-bond acceptors (Lipinski definition) is 4. The Hall–Kier alpha value is -1.44. The Balaban J connectivity index is 1.42. The van der Waals surface area contributed by atoms with E-state index < -0.39 is 10.0 Å². The first-order valence-corrected chi connectivity index (χ1v) is 13.8. The van der Waals surface area contributed by atoms with Crippen LogP contribution >= 0.6 is 0 Å². The molecule has 0 aromatic heterocycles. The molecule has 1 aliphatic carbocycles. The normalized spacial score (nSPS) is 22.2. The Kier molecular flexibility index (Phi) is 6.99. The lowest BCUT2D eigenvalue weighted by Gasteiger charge is -2.41. The van der Waals surface area contributed by atoms with Crippen molar-refractivity contribution in [3.05, 3.63) is 28.8 Å². The fourth-order valence-electron chi connectivity index (χ4n) is 5.78. The van der Waals surface area contributed by atoms with Crippen molar-refractivity contribution in [2.45, 2.75) is 83.2 Å². The summed E-state index contributed by atoms with van der Waals surface area (Å²) >= 11 is 0. The monoisotopic (exact) mass is 461 g/mol. The lowest BCUT2D eigenvalue weighted by atomic mass is 9.94. The molecule has 0 atom stereocenters. The van der Waals surface area contributed by atoms with Gasteiger partial charge in [0.1, 0.15) is 0 Å². The molecule has 178 valence electrons. The molecule has 0 radical (unpaired) electrons. The minimum atomic E-state index is -3.54. The number of benzene rings is 1. The zero-order chi connectivity index (χ0) is 23.0. The van der Waals surface area contributed by atoms with Crippen LogP contribution < -0.4 is 0 Å². The number of aryl methyl sites for hydroxylation is 3. The number of likely N-dealkylation sites (tertiary alicyclic amines) is 1. The molecule has 3 fully saturated rings. The third kappa shape index (κ3) is 4.75. The van der Waals surface area contributed by atoms with Crippen molar-refractivity contribution >= 4 is 15.9 Å². The second kappa shape index (κ2) is 9.43. The van der Waals surface area contributed by atoms with Crippen LogP contribution in [0.1, 0.15) is 62.1 Å². The quantitative estimate of drug-likeness (QED) is 0.651. The topological polar surface area (TPSA) is 60.9 Å². The number of amides is 1. The van der Waals surface area contributed by atoms with Crippen molar-refractivity contribution in [2.24, 2.45) is 5.92 Å². The van der Waals surface area contributed by atoms with E-state index in [0.717, 1.165) is 62.0 Å². The summed E-state index contributed by atoms with van der Waals surface area (Å²) < 4.78 is 28.4. The fraction of sp³-hybridized carbons (Fsp3) is 0.720. The Bertz CT molecular complexity index is 918. The van der Waals surface area contributed by atoms with Crippen LogP contribution in [-0.4, -0.2) is 73.2 Å². The molecule has 1 aromatic carbocycles. The average molecular weight is 462 g/mol. The highest BCUT2D eigenvalue weighted by molar-refractivity contribution is 7.89. The average Bonchev–Trinajstić information content (AvgIpc) is 3.58. The van der Waals surface area contributed by atoms with Gasteiger partial charge in [0.15, 0.2) is 0 Å². The zero-order valence-electron chi connectivity index (χ0n) is 20.1. The standard InChI is InChI=1S/C25H39N3O3S/c1-5-26-12-10-23(11-13-26)28(22-6-7-22)25(29)21-8-14-27(15-9-21)32(30,31)24-19(3)16-18(2)17-20(24)4/h16-17,21-23H,5-15H2,1-4H3. The van der Waals surface area contributed by atoms with Crippen molar-refractivity contribution in [2.75, 3.05) is 32.7 Å². The van der Waals surface area contributed by atoms with Crippen LogP contribution in [0.15, 0.2) is 17.0 Å². The molecular formula is C25H39N3O3S. The van der Waals surface area contributed by atoms with E-state index >= 15 is 0 Å². The number of nitrogens with zero attached hydrogens (tertiary/aromatic N) is 3. The smallest absolute Gasteiger partial charge is 0.243 e. The summed E-state index contributed by atoms with van der Waals surface area (Å²) in [5.74, 6) is 0.230. The number of sulfonamides is 1. The molecule has 1 amide bonds. The van der Waals surface area contributed by atoms with Gasteiger partial charge in [-0.15, -0.1) is 0 Å². The summed E-state index contributed by atoms with van der Waals surface area (Å²) in [5.41, 5.74) is 2.69. The molecule has 4 rings (SSSR count). The van der Waals surface area contributed by atoms with E-state index in [9.17, 15) is 13.2 Å². The summed E-state index contributed by atoms with van der Waals surface area (Å²) in [5, 5.41) is 0. The summed E-state index contributed by atoms with van der Waals surface area (Å²) in [6.07, 6.45) is 5.63. The van der Waals surface area contributed by atoms with Gasteiger partial charge in [-0.2, -0.15) is 4.31 Å². The van der Waals surface area contributed by atoms with E-state index in [-0.39, 0.29) is 11.8 Å². The van der Waals surface area contributed by atoms with Crippen LogP contribution in [-0.2, 0) is 14.8 Å². The molecule has 1 aromatic rings. The summed E-state index contributed by atoms with van der Waals surface area (Å²) in [4.78, 5) is 18.7. The van der Waals surface area contributed by atoms with E-state index in [1.54, 1.807) is 4.31 Å². The van der Waals surface area contributed by atoms with Gasteiger partial charge >= 0.3 is 0 Å². The highest BCUT2D eigenvalue weighted by Gasteiger charge is 2.42. The van der Waals surface area contributed by atoms with E-state index in [2.05, 4.69) is 16.7 Å². The molecule has 0 spiro atoms. The molecule has 6 nitrogen and oxygen atoms in total. The predicted octanol–water partition coefficient (Wildman–Crippen LogP) is 3.49. The number of carbonyl (C=O) groups is 1. The Morgan fingerprint density at radius 1 is 0.906 bits per heavy atom. The fourth-order valence-corrected chi connectivity index (χ4v) is 7.66. The van der Waals surface area contributed by atoms with E-state index in [1.165, 1.54) is 0 Å². The van der Waals surface area contributed by atoms with Crippen LogP contribution in [0, 0.1) is 26.7 Å². The van der Waals surface area contributed by atoms with E-state index in [4.69, 9.17) is 0 Å². The van der Waals surface area contributed by atoms with Crippen LogP contribution in [0.3, 0.4) is 0 Å². The minimum absolute atomic E-state index is 0.0496. The number of piperidine rings is 2. The van der Waals surface area contributed by atoms with Crippen molar-refractivity contribution in [1.29, 1.82) is 0 Å². The van der Waals surface area contributed by atoms with Crippen LogP contribution in [0.5, 0.6) is 0 Å². The van der Waals surface area contributed by atoms with Crippen LogP contribution in [0.25, 0.3) is 0 Å². The zero-order valence-corrected chi connectivity index (χ0v) is 21.0. The van der Waals surface area contributed by atoms with E-state index in [0.29, 0.717) is 42.9 Å². The van der Waals surface area contributed by atoms with Gasteiger partial charge in [0, 0.05) is 44.2 Å². The van der Waals surface area contributed by atoms with Gasteiger partial charge in [-0.25, -0.2) is 8.42 Å². The minimum Gasteiger partial charge on any atom is -0.336 e. The summed E-state index contributed by atoms with van der Waals surface area (Å²) in [7, 11) is -3.54. The predicted molar refractivity (Wildman–Crippen MR) is 127 cm³/mol. The number of hydrogen-bond donors (Lipinski definition) is 0. The number of carbonyl (C=O) groups excluding carboxylic acids is 1. The maximum atomic E-state index is 13.5. The van der Waals surface area contributed by atoms with Gasteiger partial charge in [-0.05, 0) is 77.0 Å². The van der Waals surface area contributed by atoms with Gasteiger partial charge in [0.05, 0.1) is 4.90 Å². The Morgan fingerprint density at radius 3 is 1.94 bits per heavy atom. The van der Waals surface area contributed by atoms with E-state index in [1.807, 2.05) is 32.9 Å². The molecule has 2 saturated heterocycles. The van der Waals surface area contributed by atoms with Crippen molar-refractivity contribution in [3.8, 4) is 0 Å². The van der Waals surface area contributed by atoms with Crippen LogP contribution in [0.2, 0.25) is 0 Å². The Morgan fingerprint density at radius 2 is 1.44 bits per heavy atom. The second-order valence-electron chi connectivity index (χ2n) is 10.0. The van der Waals surface area contributed by atoms with Gasteiger partial charge in [0.25, 0.3) is 0 Å². The van der Waals surface area contributed by atoms with Crippen molar-refractivity contribution < 1.29 is 13.2 Å². The largest absolute Gasteiger partial charge is 0.336 e. The molecule has 3 aliphatic rings. The third-order valence-electron chi connectivity index (χ3n) is 7.60. The first kappa shape index (κ1) is 23.7. The molecule has 1 saturated carbocycles. The molecule has 32 heavy (non-hydrogen) atoms.